The quantitative estimate of drug-likeness (QED) is 0.569. The Hall–Kier alpha value is -2.94. The number of thiazole rings is 1. The highest BCUT2D eigenvalue weighted by atomic mass is 32.1. The molecule has 0 aliphatic rings. The maximum absolute atomic E-state index is 12.4. The van der Waals surface area contributed by atoms with E-state index in [1.54, 1.807) is 5.38 Å². The van der Waals surface area contributed by atoms with Gasteiger partial charge in [-0.25, -0.2) is 4.98 Å². The largest absolute Gasteiger partial charge is 0.468 e. The first-order valence-electron chi connectivity index (χ1n) is 7.85. The lowest BCUT2D eigenvalue weighted by atomic mass is 10.0. The molecule has 2 aromatic rings. The van der Waals surface area contributed by atoms with Gasteiger partial charge in [-0.3, -0.25) is 14.4 Å². The van der Waals surface area contributed by atoms with Crippen molar-refractivity contribution in [3.8, 4) is 0 Å². The second kappa shape index (κ2) is 9.52. The number of carbonyl (C=O) groups is 3. The third-order valence-electron chi connectivity index (χ3n) is 3.48. The van der Waals surface area contributed by atoms with Crippen molar-refractivity contribution in [2.75, 3.05) is 19.4 Å². The molecular weight excluding hydrogens is 356 g/mol. The maximum atomic E-state index is 12.4. The second-order valence-corrected chi connectivity index (χ2v) is 6.35. The van der Waals surface area contributed by atoms with Crippen LogP contribution in [0.25, 0.3) is 0 Å². The summed E-state index contributed by atoms with van der Waals surface area (Å²) in [6.07, 6.45) is 0.308. The number of hydrogen-bond donors (Lipinski definition) is 3. The van der Waals surface area contributed by atoms with Crippen LogP contribution in [0.4, 0.5) is 5.13 Å². The van der Waals surface area contributed by atoms with E-state index < -0.39 is 17.9 Å². The van der Waals surface area contributed by atoms with Crippen LogP contribution in [0.1, 0.15) is 11.3 Å². The van der Waals surface area contributed by atoms with Crippen molar-refractivity contribution < 1.29 is 19.1 Å². The van der Waals surface area contributed by atoms with E-state index in [9.17, 15) is 14.4 Å². The molecule has 0 saturated carbocycles. The zero-order valence-corrected chi connectivity index (χ0v) is 15.0. The topological polar surface area (TPSA) is 123 Å². The number of carbonyl (C=O) groups excluding carboxylic acids is 3. The van der Waals surface area contributed by atoms with Gasteiger partial charge in [-0.2, -0.15) is 0 Å². The zero-order valence-electron chi connectivity index (χ0n) is 14.2. The van der Waals surface area contributed by atoms with Gasteiger partial charge < -0.3 is 21.1 Å². The highest BCUT2D eigenvalue weighted by molar-refractivity contribution is 7.13. The summed E-state index contributed by atoms with van der Waals surface area (Å²) in [5.74, 6) is -1.39. The van der Waals surface area contributed by atoms with Crippen LogP contribution < -0.4 is 16.4 Å². The average Bonchev–Trinajstić information content (AvgIpc) is 3.04. The Morgan fingerprint density at radius 2 is 2.00 bits per heavy atom. The van der Waals surface area contributed by atoms with Gasteiger partial charge in [-0.1, -0.05) is 30.3 Å². The minimum absolute atomic E-state index is 0.0171. The minimum Gasteiger partial charge on any atom is -0.468 e. The number of nitrogens with one attached hydrogen (secondary N) is 2. The summed E-state index contributed by atoms with van der Waals surface area (Å²) in [6, 6.07) is 8.44. The van der Waals surface area contributed by atoms with Crippen molar-refractivity contribution in [1.82, 2.24) is 15.6 Å². The van der Waals surface area contributed by atoms with Crippen LogP contribution in [-0.4, -0.2) is 42.5 Å². The van der Waals surface area contributed by atoms with E-state index in [2.05, 4.69) is 20.4 Å². The number of ether oxygens (including phenoxy) is 1. The van der Waals surface area contributed by atoms with Gasteiger partial charge in [-0.05, 0) is 5.56 Å². The third kappa shape index (κ3) is 6.17. The molecule has 0 bridgehead atoms. The van der Waals surface area contributed by atoms with E-state index in [0.717, 1.165) is 5.56 Å². The SMILES string of the molecule is COC(=O)CNC(=O)[C@H](Cc1ccccc1)NC(=O)Cc1csc(N)n1. The highest BCUT2D eigenvalue weighted by Gasteiger charge is 2.22. The Morgan fingerprint density at radius 3 is 2.62 bits per heavy atom. The van der Waals surface area contributed by atoms with Crippen LogP contribution in [0.5, 0.6) is 0 Å². The normalized spacial score (nSPS) is 11.4. The summed E-state index contributed by atoms with van der Waals surface area (Å²) in [6.45, 7) is -0.265. The van der Waals surface area contributed by atoms with Crippen LogP contribution in [0.3, 0.4) is 0 Å². The molecule has 0 fully saturated rings. The van der Waals surface area contributed by atoms with Gasteiger partial charge in [0.25, 0.3) is 0 Å². The van der Waals surface area contributed by atoms with Gasteiger partial charge in [0.15, 0.2) is 5.13 Å². The average molecular weight is 376 g/mol. The van der Waals surface area contributed by atoms with Gasteiger partial charge in [0.05, 0.1) is 19.2 Å². The predicted molar refractivity (Wildman–Crippen MR) is 97.3 cm³/mol. The Balaban J connectivity index is 2.02. The first-order valence-corrected chi connectivity index (χ1v) is 8.73. The molecule has 0 aliphatic carbocycles. The molecule has 0 aliphatic heterocycles. The lowest BCUT2D eigenvalue weighted by Gasteiger charge is -2.18. The molecule has 2 rings (SSSR count). The number of methoxy groups -OCH3 is 1. The summed E-state index contributed by atoms with van der Waals surface area (Å²) < 4.78 is 4.50. The molecule has 1 aromatic heterocycles. The summed E-state index contributed by atoms with van der Waals surface area (Å²) in [4.78, 5) is 39.9. The number of nitrogens with zero attached hydrogens (tertiary/aromatic N) is 1. The molecule has 8 nitrogen and oxygen atoms in total. The van der Waals surface area contributed by atoms with Crippen molar-refractivity contribution in [1.29, 1.82) is 0 Å². The summed E-state index contributed by atoms with van der Waals surface area (Å²) in [7, 11) is 1.23. The molecule has 0 spiro atoms. The van der Waals surface area contributed by atoms with Crippen molar-refractivity contribution >= 4 is 34.3 Å². The molecule has 26 heavy (non-hydrogen) atoms. The zero-order chi connectivity index (χ0) is 18.9. The monoisotopic (exact) mass is 376 g/mol. The summed E-state index contributed by atoms with van der Waals surface area (Å²) >= 11 is 1.24. The molecular formula is C17H20N4O4S. The van der Waals surface area contributed by atoms with Crippen molar-refractivity contribution in [2.45, 2.75) is 18.9 Å². The van der Waals surface area contributed by atoms with Gasteiger partial charge in [0.2, 0.25) is 11.8 Å². The van der Waals surface area contributed by atoms with E-state index in [-0.39, 0.29) is 18.9 Å². The molecule has 0 radical (unpaired) electrons. The molecule has 138 valence electrons. The Kier molecular flexibility index (Phi) is 7.10. The van der Waals surface area contributed by atoms with Crippen molar-refractivity contribution in [3.63, 3.8) is 0 Å². The van der Waals surface area contributed by atoms with Crippen LogP contribution in [0.2, 0.25) is 0 Å². The van der Waals surface area contributed by atoms with Gasteiger partial charge in [0, 0.05) is 11.8 Å². The number of aromatic nitrogens is 1. The third-order valence-corrected chi connectivity index (χ3v) is 4.20. The van der Waals surface area contributed by atoms with Gasteiger partial charge in [-0.15, -0.1) is 11.3 Å². The molecule has 1 aromatic carbocycles. The fourth-order valence-electron chi connectivity index (χ4n) is 2.23. The van der Waals surface area contributed by atoms with Crippen LogP contribution in [-0.2, 0) is 32.0 Å². The highest BCUT2D eigenvalue weighted by Crippen LogP contribution is 2.11. The number of esters is 1. The lowest BCUT2D eigenvalue weighted by Crippen LogP contribution is -2.49. The first kappa shape index (κ1) is 19.4. The number of benzene rings is 1. The Labute approximate surface area is 154 Å². The first-order chi connectivity index (χ1) is 12.5. The number of amides is 2. The maximum Gasteiger partial charge on any atom is 0.325 e. The van der Waals surface area contributed by atoms with E-state index >= 15 is 0 Å². The number of nitrogens with two attached hydrogens (primary N) is 1. The molecule has 1 atom stereocenters. The van der Waals surface area contributed by atoms with Crippen LogP contribution >= 0.6 is 11.3 Å². The molecule has 2 amide bonds. The minimum atomic E-state index is -0.828. The fraction of sp³-hybridized carbons (Fsp3) is 0.294. The molecule has 4 N–H and O–H groups in total. The molecule has 0 unspecified atom stereocenters. The van der Waals surface area contributed by atoms with Crippen LogP contribution in [0, 0.1) is 0 Å². The Bertz CT molecular complexity index is 763. The summed E-state index contributed by atoms with van der Waals surface area (Å²) in [5, 5.41) is 7.22. The molecule has 9 heteroatoms. The smallest absolute Gasteiger partial charge is 0.325 e. The number of hydrogen-bond acceptors (Lipinski definition) is 7. The second-order valence-electron chi connectivity index (χ2n) is 5.46. The number of nitrogen functional groups attached to an aromatic ring is 1. The Morgan fingerprint density at radius 1 is 1.27 bits per heavy atom. The van der Waals surface area contributed by atoms with E-state index in [1.807, 2.05) is 30.3 Å². The number of anilines is 1. The van der Waals surface area contributed by atoms with Crippen LogP contribution in [0.15, 0.2) is 35.7 Å². The molecule has 0 saturated heterocycles. The van der Waals surface area contributed by atoms with E-state index in [1.165, 1.54) is 18.4 Å². The van der Waals surface area contributed by atoms with Gasteiger partial charge in [0.1, 0.15) is 12.6 Å². The summed E-state index contributed by atoms with van der Waals surface area (Å²) in [5.41, 5.74) is 6.97. The van der Waals surface area contributed by atoms with E-state index in [0.29, 0.717) is 17.2 Å². The standard InChI is InChI=1S/C17H20N4O4S/c1-25-15(23)9-19-16(24)13(7-11-5-3-2-4-6-11)21-14(22)8-12-10-26-17(18)20-12/h2-6,10,13H,7-9H2,1H3,(H2,18,20)(H,19,24)(H,21,22)/t13-/m0/s1. The fourth-order valence-corrected chi connectivity index (χ4v) is 2.79. The van der Waals surface area contributed by atoms with E-state index in [4.69, 9.17) is 5.73 Å². The molecule has 1 heterocycles. The van der Waals surface area contributed by atoms with Gasteiger partial charge >= 0.3 is 5.97 Å². The van der Waals surface area contributed by atoms with Crippen molar-refractivity contribution in [3.05, 3.63) is 47.0 Å². The lowest BCUT2D eigenvalue weighted by molar-refractivity contribution is -0.141. The van der Waals surface area contributed by atoms with Crippen molar-refractivity contribution in [2.24, 2.45) is 0 Å². The number of rotatable bonds is 8. The predicted octanol–water partition coefficient (Wildman–Crippen LogP) is 0.285.